The van der Waals surface area contributed by atoms with Crippen LogP contribution >= 0.6 is 0 Å². The Morgan fingerprint density at radius 1 is 1.35 bits per heavy atom. The molecule has 0 aromatic heterocycles. The summed E-state index contributed by atoms with van der Waals surface area (Å²) in [6.07, 6.45) is 5.50. The van der Waals surface area contributed by atoms with Crippen molar-refractivity contribution in [1.29, 1.82) is 0 Å². The van der Waals surface area contributed by atoms with Crippen LogP contribution in [0.3, 0.4) is 0 Å². The highest BCUT2D eigenvalue weighted by atomic mass is 16.6. The summed E-state index contributed by atoms with van der Waals surface area (Å²) in [6.45, 7) is 7.73. The van der Waals surface area contributed by atoms with Crippen LogP contribution in [0.5, 0.6) is 0 Å². The Balaban J connectivity index is 2.30. The summed E-state index contributed by atoms with van der Waals surface area (Å²) in [5.74, 6) is 0.673. The van der Waals surface area contributed by atoms with Gasteiger partial charge in [-0.15, -0.1) is 0 Å². The van der Waals surface area contributed by atoms with Gasteiger partial charge in [0.2, 0.25) is 0 Å². The van der Waals surface area contributed by atoms with E-state index < -0.39 is 0 Å². The highest BCUT2D eigenvalue weighted by molar-refractivity contribution is 5.72. The average Bonchev–Trinajstić information content (AvgIpc) is 3.09. The first kappa shape index (κ1) is 14.5. The van der Waals surface area contributed by atoms with Gasteiger partial charge in [0.15, 0.2) is 0 Å². The van der Waals surface area contributed by atoms with E-state index in [0.717, 1.165) is 25.9 Å². The van der Waals surface area contributed by atoms with E-state index >= 15 is 0 Å². The van der Waals surface area contributed by atoms with Crippen LogP contribution in [-0.4, -0.2) is 25.3 Å². The second kappa shape index (κ2) is 7.70. The van der Waals surface area contributed by atoms with Crippen LogP contribution in [0, 0.1) is 11.8 Å². The van der Waals surface area contributed by atoms with Crippen LogP contribution in [0.2, 0.25) is 0 Å². The number of ether oxygens (including phenoxy) is 2. The fraction of sp³-hybridized carbons (Fsp3) is 0.929. The molecule has 3 atom stereocenters. The Morgan fingerprint density at radius 3 is 2.53 bits per heavy atom. The summed E-state index contributed by atoms with van der Waals surface area (Å²) in [4.78, 5) is 11.9. The minimum absolute atomic E-state index is 0.0229. The van der Waals surface area contributed by atoms with Crippen molar-refractivity contribution in [3.63, 3.8) is 0 Å². The van der Waals surface area contributed by atoms with Crippen LogP contribution in [0.15, 0.2) is 0 Å². The second-order valence-electron chi connectivity index (χ2n) is 5.20. The Morgan fingerprint density at radius 2 is 2.00 bits per heavy atom. The summed E-state index contributed by atoms with van der Waals surface area (Å²) >= 11 is 0. The zero-order chi connectivity index (χ0) is 12.7. The molecule has 0 bridgehead atoms. The van der Waals surface area contributed by atoms with Crippen LogP contribution in [0.1, 0.15) is 52.9 Å². The molecule has 0 saturated carbocycles. The van der Waals surface area contributed by atoms with Crippen LogP contribution in [0.4, 0.5) is 0 Å². The zero-order valence-corrected chi connectivity index (χ0v) is 11.4. The van der Waals surface area contributed by atoms with Gasteiger partial charge in [0.05, 0.1) is 12.5 Å². The number of epoxide rings is 1. The average molecular weight is 242 g/mol. The van der Waals surface area contributed by atoms with Gasteiger partial charge < -0.3 is 9.47 Å². The molecule has 0 spiro atoms. The van der Waals surface area contributed by atoms with Crippen molar-refractivity contribution in [3.8, 4) is 0 Å². The van der Waals surface area contributed by atoms with Crippen molar-refractivity contribution in [1.82, 2.24) is 0 Å². The Hall–Kier alpha value is -0.570. The SMILES string of the molecule is CCCC(C)CC(CCC)C(=O)OCC1CO1. The van der Waals surface area contributed by atoms with Gasteiger partial charge in [-0.1, -0.05) is 40.0 Å². The summed E-state index contributed by atoms with van der Waals surface area (Å²) in [5.41, 5.74) is 0. The lowest BCUT2D eigenvalue weighted by molar-refractivity contribution is -0.150. The van der Waals surface area contributed by atoms with Gasteiger partial charge in [0, 0.05) is 0 Å². The quantitative estimate of drug-likeness (QED) is 0.460. The molecule has 17 heavy (non-hydrogen) atoms. The Bertz CT molecular complexity index is 224. The molecule has 0 radical (unpaired) electrons. The standard InChI is InChI=1S/C14H26O3/c1-4-6-11(3)8-12(7-5-2)14(15)17-10-13-9-16-13/h11-13H,4-10H2,1-3H3. The Labute approximate surface area is 105 Å². The molecular formula is C14H26O3. The predicted molar refractivity (Wildman–Crippen MR) is 67.8 cm³/mol. The molecule has 1 saturated heterocycles. The van der Waals surface area contributed by atoms with Crippen molar-refractivity contribution in [2.24, 2.45) is 11.8 Å². The third-order valence-electron chi connectivity index (χ3n) is 3.25. The lowest BCUT2D eigenvalue weighted by Crippen LogP contribution is -2.22. The highest BCUT2D eigenvalue weighted by Gasteiger charge is 2.27. The molecule has 3 nitrogen and oxygen atoms in total. The molecule has 1 aliphatic heterocycles. The maximum atomic E-state index is 11.9. The normalized spacial score (nSPS) is 21.9. The first-order valence-electron chi connectivity index (χ1n) is 6.95. The topological polar surface area (TPSA) is 38.8 Å². The van der Waals surface area contributed by atoms with E-state index in [1.807, 2.05) is 0 Å². The number of carbonyl (C=O) groups is 1. The van der Waals surface area contributed by atoms with Crippen molar-refractivity contribution in [2.75, 3.05) is 13.2 Å². The number of esters is 1. The monoisotopic (exact) mass is 242 g/mol. The lowest BCUT2D eigenvalue weighted by atomic mass is 9.90. The molecule has 0 aromatic rings. The molecule has 1 aliphatic rings. The maximum Gasteiger partial charge on any atom is 0.309 e. The molecule has 1 rings (SSSR count). The summed E-state index contributed by atoms with van der Waals surface area (Å²) < 4.78 is 10.3. The third kappa shape index (κ3) is 6.06. The van der Waals surface area contributed by atoms with Gasteiger partial charge in [0.25, 0.3) is 0 Å². The fourth-order valence-corrected chi connectivity index (χ4v) is 2.23. The van der Waals surface area contributed by atoms with E-state index in [-0.39, 0.29) is 18.0 Å². The van der Waals surface area contributed by atoms with Crippen LogP contribution in [-0.2, 0) is 14.3 Å². The van der Waals surface area contributed by atoms with Gasteiger partial charge in [-0.05, 0) is 18.8 Å². The number of hydrogen-bond acceptors (Lipinski definition) is 3. The van der Waals surface area contributed by atoms with E-state index in [1.165, 1.54) is 12.8 Å². The lowest BCUT2D eigenvalue weighted by Gasteiger charge is -2.18. The highest BCUT2D eigenvalue weighted by Crippen LogP contribution is 2.22. The molecule has 1 fully saturated rings. The van der Waals surface area contributed by atoms with Crippen LogP contribution in [0.25, 0.3) is 0 Å². The molecular weight excluding hydrogens is 216 g/mol. The second-order valence-corrected chi connectivity index (χ2v) is 5.20. The third-order valence-corrected chi connectivity index (χ3v) is 3.25. The van der Waals surface area contributed by atoms with Gasteiger partial charge in [-0.2, -0.15) is 0 Å². The number of rotatable bonds is 9. The largest absolute Gasteiger partial charge is 0.463 e. The molecule has 0 amide bonds. The van der Waals surface area contributed by atoms with E-state index in [4.69, 9.17) is 9.47 Å². The summed E-state index contributed by atoms with van der Waals surface area (Å²) in [5, 5.41) is 0. The molecule has 3 heteroatoms. The number of carbonyl (C=O) groups excluding carboxylic acids is 1. The van der Waals surface area contributed by atoms with Crippen molar-refractivity contribution >= 4 is 5.97 Å². The minimum Gasteiger partial charge on any atom is -0.463 e. The van der Waals surface area contributed by atoms with Crippen molar-refractivity contribution < 1.29 is 14.3 Å². The van der Waals surface area contributed by atoms with Crippen LogP contribution < -0.4 is 0 Å². The molecule has 0 aliphatic carbocycles. The predicted octanol–water partition coefficient (Wildman–Crippen LogP) is 3.17. The van der Waals surface area contributed by atoms with Gasteiger partial charge in [0.1, 0.15) is 12.7 Å². The molecule has 1 heterocycles. The maximum absolute atomic E-state index is 11.9. The van der Waals surface area contributed by atoms with Gasteiger partial charge in [-0.25, -0.2) is 0 Å². The molecule has 3 unspecified atom stereocenters. The first-order valence-corrected chi connectivity index (χ1v) is 6.95. The van der Waals surface area contributed by atoms with Crippen molar-refractivity contribution in [2.45, 2.75) is 59.0 Å². The Kier molecular flexibility index (Phi) is 6.56. The fourth-order valence-electron chi connectivity index (χ4n) is 2.23. The number of hydrogen-bond donors (Lipinski definition) is 0. The van der Waals surface area contributed by atoms with E-state index in [1.54, 1.807) is 0 Å². The van der Waals surface area contributed by atoms with Crippen molar-refractivity contribution in [3.05, 3.63) is 0 Å². The van der Waals surface area contributed by atoms with Gasteiger partial charge in [-0.3, -0.25) is 4.79 Å². The molecule has 0 N–H and O–H groups in total. The van der Waals surface area contributed by atoms with E-state index in [2.05, 4.69) is 20.8 Å². The van der Waals surface area contributed by atoms with E-state index in [9.17, 15) is 4.79 Å². The smallest absolute Gasteiger partial charge is 0.309 e. The molecule has 100 valence electrons. The van der Waals surface area contributed by atoms with E-state index in [0.29, 0.717) is 12.5 Å². The first-order chi connectivity index (χ1) is 8.17. The molecule has 0 aromatic carbocycles. The minimum atomic E-state index is -0.0229. The zero-order valence-electron chi connectivity index (χ0n) is 11.4. The summed E-state index contributed by atoms with van der Waals surface area (Å²) in [6, 6.07) is 0. The van der Waals surface area contributed by atoms with Gasteiger partial charge >= 0.3 is 5.97 Å². The summed E-state index contributed by atoms with van der Waals surface area (Å²) in [7, 11) is 0.